The molecular formula is C24H22N4O4S. The topological polar surface area (TPSA) is 87.0 Å². The van der Waals surface area contributed by atoms with E-state index in [-0.39, 0.29) is 11.7 Å². The van der Waals surface area contributed by atoms with Gasteiger partial charge in [-0.05, 0) is 42.8 Å². The average Bonchev–Trinajstić information content (AvgIpc) is 3.26. The zero-order valence-corrected chi connectivity index (χ0v) is 19.0. The van der Waals surface area contributed by atoms with Crippen LogP contribution in [0, 0.1) is 6.92 Å². The second-order valence-electron chi connectivity index (χ2n) is 7.45. The first-order chi connectivity index (χ1) is 16.1. The maximum absolute atomic E-state index is 12.6. The van der Waals surface area contributed by atoms with Crippen molar-refractivity contribution >= 4 is 29.0 Å². The minimum Gasteiger partial charge on any atom is -0.497 e. The van der Waals surface area contributed by atoms with Gasteiger partial charge in [0.2, 0.25) is 5.91 Å². The first kappa shape index (κ1) is 21.1. The molecule has 8 nitrogen and oxygen atoms in total. The van der Waals surface area contributed by atoms with Crippen LogP contribution in [0.1, 0.15) is 5.69 Å². The summed E-state index contributed by atoms with van der Waals surface area (Å²) >= 11 is 1.41. The van der Waals surface area contributed by atoms with Crippen LogP contribution >= 0.6 is 11.8 Å². The Labute approximate surface area is 194 Å². The van der Waals surface area contributed by atoms with E-state index in [1.165, 1.54) is 11.8 Å². The maximum Gasteiger partial charge on any atom is 0.234 e. The Morgan fingerprint density at radius 3 is 2.70 bits per heavy atom. The number of hydrogen-bond acceptors (Lipinski definition) is 7. The van der Waals surface area contributed by atoms with Crippen LogP contribution in [-0.2, 0) is 4.79 Å². The van der Waals surface area contributed by atoms with Crippen LogP contribution in [0.25, 0.3) is 16.8 Å². The number of anilines is 1. The van der Waals surface area contributed by atoms with Gasteiger partial charge in [0.15, 0.2) is 17.1 Å². The molecule has 3 heterocycles. The highest BCUT2D eigenvalue weighted by Crippen LogP contribution is 2.33. The van der Waals surface area contributed by atoms with Crippen molar-refractivity contribution in [3.8, 4) is 28.4 Å². The zero-order chi connectivity index (χ0) is 22.8. The van der Waals surface area contributed by atoms with Crippen molar-refractivity contribution in [1.82, 2.24) is 14.6 Å². The maximum atomic E-state index is 12.6. The van der Waals surface area contributed by atoms with Crippen LogP contribution in [-0.4, -0.2) is 46.6 Å². The molecule has 0 fully saturated rings. The van der Waals surface area contributed by atoms with Crippen molar-refractivity contribution in [1.29, 1.82) is 0 Å². The van der Waals surface area contributed by atoms with Crippen molar-refractivity contribution < 1.29 is 19.0 Å². The predicted octanol–water partition coefficient (Wildman–Crippen LogP) is 4.22. The summed E-state index contributed by atoms with van der Waals surface area (Å²) in [7, 11) is 1.64. The van der Waals surface area contributed by atoms with E-state index in [1.54, 1.807) is 36.0 Å². The number of nitrogens with one attached hydrogen (secondary N) is 1. The first-order valence-electron chi connectivity index (χ1n) is 10.4. The van der Waals surface area contributed by atoms with Crippen molar-refractivity contribution in [2.75, 3.05) is 31.4 Å². The van der Waals surface area contributed by atoms with Gasteiger partial charge in [0.05, 0.1) is 19.1 Å². The molecule has 0 saturated carbocycles. The van der Waals surface area contributed by atoms with E-state index in [2.05, 4.69) is 15.4 Å². The molecule has 0 spiro atoms. The number of benzene rings is 2. The summed E-state index contributed by atoms with van der Waals surface area (Å²) < 4.78 is 18.1. The Kier molecular flexibility index (Phi) is 5.78. The lowest BCUT2D eigenvalue weighted by atomic mass is 10.1. The molecule has 0 atom stereocenters. The number of ether oxygens (including phenoxy) is 3. The van der Waals surface area contributed by atoms with E-state index >= 15 is 0 Å². The Hall–Kier alpha value is -3.72. The highest BCUT2D eigenvalue weighted by Gasteiger charge is 2.15. The Balaban J connectivity index is 1.32. The van der Waals surface area contributed by atoms with Crippen molar-refractivity contribution in [3.05, 3.63) is 60.4 Å². The molecule has 9 heteroatoms. The summed E-state index contributed by atoms with van der Waals surface area (Å²) in [6.07, 6.45) is 1.79. The summed E-state index contributed by atoms with van der Waals surface area (Å²) in [5, 5.41) is 8.29. The normalized spacial score (nSPS) is 12.5. The van der Waals surface area contributed by atoms with Crippen LogP contribution < -0.4 is 19.5 Å². The van der Waals surface area contributed by atoms with Crippen LogP contribution in [0.15, 0.2) is 59.8 Å². The Morgan fingerprint density at radius 1 is 1.12 bits per heavy atom. The Bertz CT molecular complexity index is 1320. The monoisotopic (exact) mass is 462 g/mol. The number of rotatable bonds is 6. The molecule has 1 N–H and O–H groups in total. The first-order valence-corrected chi connectivity index (χ1v) is 11.4. The van der Waals surface area contributed by atoms with E-state index < -0.39 is 0 Å². The third-order valence-corrected chi connectivity index (χ3v) is 6.14. The van der Waals surface area contributed by atoms with E-state index in [1.807, 2.05) is 37.3 Å². The van der Waals surface area contributed by atoms with Gasteiger partial charge in [-0.15, -0.1) is 0 Å². The lowest BCUT2D eigenvalue weighted by Gasteiger charge is -2.19. The average molecular weight is 463 g/mol. The second-order valence-corrected chi connectivity index (χ2v) is 8.45. The van der Waals surface area contributed by atoms with E-state index in [9.17, 15) is 4.79 Å². The summed E-state index contributed by atoms with van der Waals surface area (Å²) in [6.45, 7) is 2.97. The quantitative estimate of drug-likeness (QED) is 0.339. The molecule has 2 aromatic heterocycles. The lowest BCUT2D eigenvalue weighted by Crippen LogP contribution is -2.17. The Morgan fingerprint density at radius 2 is 1.91 bits per heavy atom. The molecular weight excluding hydrogens is 440 g/mol. The fourth-order valence-corrected chi connectivity index (χ4v) is 4.45. The van der Waals surface area contributed by atoms with Gasteiger partial charge < -0.3 is 19.5 Å². The lowest BCUT2D eigenvalue weighted by molar-refractivity contribution is -0.113. The highest BCUT2D eigenvalue weighted by atomic mass is 32.2. The zero-order valence-electron chi connectivity index (χ0n) is 18.2. The van der Waals surface area contributed by atoms with Gasteiger partial charge in [-0.3, -0.25) is 4.79 Å². The molecule has 4 aromatic rings. The predicted molar refractivity (Wildman–Crippen MR) is 126 cm³/mol. The van der Waals surface area contributed by atoms with Crippen LogP contribution in [0.5, 0.6) is 17.2 Å². The van der Waals surface area contributed by atoms with Crippen molar-refractivity contribution in [3.63, 3.8) is 0 Å². The number of aryl methyl sites for hydroxylation is 1. The molecule has 0 radical (unpaired) electrons. The number of nitrogens with zero attached hydrogens (tertiary/aromatic N) is 3. The number of thioether (sulfide) groups is 1. The van der Waals surface area contributed by atoms with Gasteiger partial charge >= 0.3 is 0 Å². The summed E-state index contributed by atoms with van der Waals surface area (Å²) in [6, 6.07) is 15.1. The van der Waals surface area contributed by atoms with Gasteiger partial charge in [0.1, 0.15) is 24.0 Å². The van der Waals surface area contributed by atoms with Crippen LogP contribution in [0.2, 0.25) is 0 Å². The standard InChI is InChI=1S/C24H22N4O4S/c1-15-11-23(28-24(26-15)19(13-25-28)16-3-6-18(30-2)7-4-16)33-14-22(29)27-17-5-8-20-21(12-17)32-10-9-31-20/h3-8,11-13H,9-10,14H2,1-2H3,(H,27,29). The van der Waals surface area contributed by atoms with E-state index in [4.69, 9.17) is 14.2 Å². The minimum absolute atomic E-state index is 0.123. The molecule has 1 aliphatic rings. The molecule has 5 rings (SSSR count). The summed E-state index contributed by atoms with van der Waals surface area (Å²) in [4.78, 5) is 17.3. The molecule has 0 aliphatic carbocycles. The van der Waals surface area contributed by atoms with Crippen LogP contribution in [0.3, 0.4) is 0 Å². The third kappa shape index (κ3) is 4.45. The van der Waals surface area contributed by atoms with Gasteiger partial charge in [-0.2, -0.15) is 5.10 Å². The third-order valence-electron chi connectivity index (χ3n) is 5.15. The van der Waals surface area contributed by atoms with Crippen LogP contribution in [0.4, 0.5) is 5.69 Å². The number of fused-ring (bicyclic) bond motifs is 2. The number of carbonyl (C=O) groups is 1. The number of amides is 1. The number of methoxy groups -OCH3 is 1. The number of hydrogen-bond donors (Lipinski definition) is 1. The van der Waals surface area contributed by atoms with Crippen molar-refractivity contribution in [2.45, 2.75) is 11.9 Å². The van der Waals surface area contributed by atoms with Gasteiger partial charge in [-0.25, -0.2) is 9.50 Å². The number of aromatic nitrogens is 3. The molecule has 2 aromatic carbocycles. The molecule has 168 valence electrons. The van der Waals surface area contributed by atoms with Gasteiger partial charge in [0, 0.05) is 23.0 Å². The second kappa shape index (κ2) is 9.03. The molecule has 1 aliphatic heterocycles. The number of carbonyl (C=O) groups excluding carboxylic acids is 1. The van der Waals surface area contributed by atoms with Gasteiger partial charge in [-0.1, -0.05) is 23.9 Å². The van der Waals surface area contributed by atoms with Crippen molar-refractivity contribution in [2.24, 2.45) is 0 Å². The fraction of sp³-hybridized carbons (Fsp3) is 0.208. The highest BCUT2D eigenvalue weighted by molar-refractivity contribution is 7.99. The SMILES string of the molecule is COc1ccc(-c2cnn3c(SCC(=O)Nc4ccc5c(c4)OCCO5)cc(C)nc23)cc1. The van der Waals surface area contributed by atoms with Gasteiger partial charge in [0.25, 0.3) is 0 Å². The summed E-state index contributed by atoms with van der Waals surface area (Å²) in [5.41, 5.74) is 4.18. The largest absolute Gasteiger partial charge is 0.497 e. The molecule has 0 unspecified atom stereocenters. The summed E-state index contributed by atoms with van der Waals surface area (Å²) in [5.74, 6) is 2.22. The van der Waals surface area contributed by atoms with E-state index in [0.717, 1.165) is 33.2 Å². The molecule has 0 bridgehead atoms. The minimum atomic E-state index is -0.123. The van der Waals surface area contributed by atoms with E-state index in [0.29, 0.717) is 30.4 Å². The molecule has 1 amide bonds. The molecule has 0 saturated heterocycles. The molecule has 33 heavy (non-hydrogen) atoms. The smallest absolute Gasteiger partial charge is 0.234 e. The fourth-order valence-electron chi connectivity index (χ4n) is 3.58.